The van der Waals surface area contributed by atoms with Gasteiger partial charge in [-0.25, -0.2) is 21.0 Å². The molecule has 1 heterocycles. The number of nitrogens with zero attached hydrogens (tertiary/aromatic N) is 5. The molecule has 1 aliphatic rings. The molecule has 6 heteroatoms. The molecule has 1 aliphatic heterocycles. The molecule has 0 saturated carbocycles. The van der Waals surface area contributed by atoms with Crippen molar-refractivity contribution < 1.29 is 4.48 Å². The summed E-state index contributed by atoms with van der Waals surface area (Å²) in [5, 5.41) is 32.3. The SMILES string of the molecule is CCCCCCCCCC[N+]1(CC)CCCCC1.N#C[B-](C#N)(C#N)C#N. The molecule has 0 N–H and O–H groups in total. The van der Waals surface area contributed by atoms with E-state index in [1.807, 2.05) is 0 Å². The third-order valence-electron chi connectivity index (χ3n) is 5.70. The molecule has 0 bridgehead atoms. The Balaban J connectivity index is 0.000000636. The molecule has 0 unspecified atom stereocenters. The van der Waals surface area contributed by atoms with Gasteiger partial charge in [0.25, 0.3) is 0 Å². The molecule has 0 spiro atoms. The van der Waals surface area contributed by atoms with Gasteiger partial charge in [0.1, 0.15) is 0 Å². The Labute approximate surface area is 166 Å². The first-order valence-corrected chi connectivity index (χ1v) is 10.7. The van der Waals surface area contributed by atoms with Crippen LogP contribution in [0.1, 0.15) is 84.5 Å². The van der Waals surface area contributed by atoms with Gasteiger partial charge in [0, 0.05) is 0 Å². The van der Waals surface area contributed by atoms with Crippen LogP contribution in [-0.4, -0.2) is 36.8 Å². The first kappa shape index (κ1) is 25.0. The molecular weight excluding hydrogens is 333 g/mol. The molecule has 27 heavy (non-hydrogen) atoms. The molecule has 0 aromatic rings. The third kappa shape index (κ3) is 10.0. The first-order chi connectivity index (χ1) is 13.1. The smallest absolute Gasteiger partial charge is 0.324 e. The zero-order valence-corrected chi connectivity index (χ0v) is 17.4. The largest absolute Gasteiger partial charge is 0.383 e. The van der Waals surface area contributed by atoms with Crippen molar-refractivity contribution in [3.05, 3.63) is 0 Å². The van der Waals surface area contributed by atoms with Gasteiger partial charge in [0.05, 0.1) is 26.2 Å². The maximum atomic E-state index is 8.09. The fourth-order valence-corrected chi connectivity index (χ4v) is 3.64. The predicted octanol–water partition coefficient (Wildman–Crippen LogP) is 4.83. The molecule has 0 amide bonds. The Morgan fingerprint density at radius 1 is 0.667 bits per heavy atom. The number of hydrogen-bond donors (Lipinski definition) is 0. The summed E-state index contributed by atoms with van der Waals surface area (Å²) < 4.78 is 1.44. The Kier molecular flexibility index (Phi) is 14.0. The van der Waals surface area contributed by atoms with Gasteiger partial charge in [-0.05, 0) is 39.0 Å². The molecule has 0 atom stereocenters. The topological polar surface area (TPSA) is 95.2 Å². The van der Waals surface area contributed by atoms with Crippen LogP contribution in [-0.2, 0) is 0 Å². The van der Waals surface area contributed by atoms with Crippen LogP contribution < -0.4 is 0 Å². The highest BCUT2D eigenvalue weighted by molar-refractivity contribution is 7.05. The summed E-state index contributed by atoms with van der Waals surface area (Å²) in [6.45, 7) is 10.5. The zero-order chi connectivity index (χ0) is 20.4. The molecule has 0 aromatic heterocycles. The summed E-state index contributed by atoms with van der Waals surface area (Å²) in [6, 6.07) is 0. The van der Waals surface area contributed by atoms with Gasteiger partial charge < -0.3 is 4.48 Å². The van der Waals surface area contributed by atoms with Crippen LogP contribution >= 0.6 is 0 Å². The number of likely N-dealkylation sites (tertiary alicyclic amines) is 1. The lowest BCUT2D eigenvalue weighted by Gasteiger charge is -2.41. The lowest BCUT2D eigenvalue weighted by Crippen LogP contribution is -2.51. The first-order valence-electron chi connectivity index (χ1n) is 10.7. The Bertz CT molecular complexity index is 494. The van der Waals surface area contributed by atoms with Crippen LogP contribution in [0.2, 0.25) is 0 Å². The van der Waals surface area contributed by atoms with E-state index in [2.05, 4.69) is 13.8 Å². The van der Waals surface area contributed by atoms with Gasteiger partial charge >= 0.3 is 6.15 Å². The van der Waals surface area contributed by atoms with E-state index < -0.39 is 6.15 Å². The van der Waals surface area contributed by atoms with Crippen molar-refractivity contribution >= 4 is 6.15 Å². The highest BCUT2D eigenvalue weighted by Gasteiger charge is 2.26. The maximum absolute atomic E-state index is 8.09. The molecule has 1 fully saturated rings. The highest BCUT2D eigenvalue weighted by atomic mass is 15.3. The van der Waals surface area contributed by atoms with Crippen molar-refractivity contribution in [2.75, 3.05) is 26.2 Å². The highest BCUT2D eigenvalue weighted by Crippen LogP contribution is 2.20. The summed E-state index contributed by atoms with van der Waals surface area (Å²) in [6.07, 6.45) is 13.4. The fourth-order valence-electron chi connectivity index (χ4n) is 3.64. The average Bonchev–Trinajstić information content (AvgIpc) is 2.73. The van der Waals surface area contributed by atoms with Gasteiger partial charge in [0.2, 0.25) is 0 Å². The number of unbranched alkanes of at least 4 members (excludes halogenated alkanes) is 7. The van der Waals surface area contributed by atoms with Gasteiger partial charge in [-0.2, -0.15) is 0 Å². The quantitative estimate of drug-likeness (QED) is 0.313. The zero-order valence-electron chi connectivity index (χ0n) is 17.4. The van der Waals surface area contributed by atoms with Crippen molar-refractivity contribution in [3.63, 3.8) is 0 Å². The second-order valence-electron chi connectivity index (χ2n) is 7.75. The van der Waals surface area contributed by atoms with E-state index in [0.29, 0.717) is 0 Å². The number of rotatable bonds is 10. The Hall–Kier alpha value is -2.02. The van der Waals surface area contributed by atoms with Gasteiger partial charge in [-0.3, -0.25) is 0 Å². The second-order valence-corrected chi connectivity index (χ2v) is 7.75. The van der Waals surface area contributed by atoms with Crippen molar-refractivity contribution in [1.29, 1.82) is 21.0 Å². The van der Waals surface area contributed by atoms with Crippen molar-refractivity contribution in [2.24, 2.45) is 0 Å². The Morgan fingerprint density at radius 3 is 1.48 bits per heavy atom. The minimum absolute atomic E-state index is 1.34. The number of quaternary nitrogens is 1. The molecule has 0 radical (unpaired) electrons. The summed E-state index contributed by atoms with van der Waals surface area (Å²) in [4.78, 5) is 0. The van der Waals surface area contributed by atoms with E-state index in [-0.39, 0.29) is 0 Å². The molecule has 5 nitrogen and oxygen atoms in total. The minimum atomic E-state index is -2.72. The van der Waals surface area contributed by atoms with E-state index in [9.17, 15) is 0 Å². The third-order valence-corrected chi connectivity index (χ3v) is 5.70. The predicted molar refractivity (Wildman–Crippen MR) is 110 cm³/mol. The van der Waals surface area contributed by atoms with E-state index >= 15 is 0 Å². The van der Waals surface area contributed by atoms with Crippen molar-refractivity contribution in [1.82, 2.24) is 0 Å². The minimum Gasteiger partial charge on any atom is -0.324 e. The molecule has 1 rings (SSSR count). The van der Waals surface area contributed by atoms with E-state index in [0.717, 1.165) is 0 Å². The lowest BCUT2D eigenvalue weighted by molar-refractivity contribution is -0.931. The summed E-state index contributed by atoms with van der Waals surface area (Å²) >= 11 is 0. The molecule has 0 aromatic carbocycles. The summed E-state index contributed by atoms with van der Waals surface area (Å²) in [7, 11) is 0. The molecule has 1 saturated heterocycles. The van der Waals surface area contributed by atoms with Crippen LogP contribution in [0.5, 0.6) is 0 Å². The molecular formula is C21H36BN5. The average molecular weight is 369 g/mol. The number of nitriles is 4. The van der Waals surface area contributed by atoms with Crippen LogP contribution in [0.3, 0.4) is 0 Å². The maximum Gasteiger partial charge on any atom is 0.383 e. The van der Waals surface area contributed by atoms with E-state index in [1.165, 1.54) is 125 Å². The monoisotopic (exact) mass is 369 g/mol. The summed E-state index contributed by atoms with van der Waals surface area (Å²) in [5.41, 5.74) is 0. The van der Waals surface area contributed by atoms with E-state index in [1.54, 1.807) is 0 Å². The van der Waals surface area contributed by atoms with Crippen molar-refractivity contribution in [3.8, 4) is 23.9 Å². The number of hydrogen-bond acceptors (Lipinski definition) is 4. The van der Waals surface area contributed by atoms with Crippen molar-refractivity contribution in [2.45, 2.75) is 84.5 Å². The lowest BCUT2D eigenvalue weighted by atomic mass is 9.30. The van der Waals surface area contributed by atoms with Crippen LogP contribution in [0, 0.1) is 44.9 Å². The van der Waals surface area contributed by atoms with E-state index in [4.69, 9.17) is 21.0 Å². The summed E-state index contributed by atoms with van der Waals surface area (Å²) in [5.74, 6) is 5.38. The Morgan fingerprint density at radius 2 is 1.11 bits per heavy atom. The van der Waals surface area contributed by atoms with Crippen LogP contribution in [0.15, 0.2) is 0 Å². The standard InChI is InChI=1S/C17H36N.C4BN4/c1-3-5-6-7-8-9-10-12-15-18(4-2)16-13-11-14-17-18;6-1-5(2-7,3-8)4-9/h3-17H2,1-2H3;/q+1;-1. The normalized spacial score (nSPS) is 15.2. The van der Waals surface area contributed by atoms with Gasteiger partial charge in [-0.1, -0.05) is 45.4 Å². The molecule has 148 valence electrons. The molecule has 0 aliphatic carbocycles. The van der Waals surface area contributed by atoms with Gasteiger partial charge in [0.15, 0.2) is 0 Å². The fraction of sp³-hybridized carbons (Fsp3) is 0.810. The number of piperidine rings is 1. The second kappa shape index (κ2) is 15.1. The van der Waals surface area contributed by atoms with Crippen LogP contribution in [0.4, 0.5) is 0 Å². The van der Waals surface area contributed by atoms with Crippen LogP contribution in [0.25, 0.3) is 0 Å². The van der Waals surface area contributed by atoms with Gasteiger partial charge in [-0.15, -0.1) is 23.9 Å².